The van der Waals surface area contributed by atoms with Gasteiger partial charge in [-0.3, -0.25) is 4.79 Å². The average molecular weight is 1530 g/mol. The lowest BCUT2D eigenvalue weighted by Gasteiger charge is -2.71. The minimum absolute atomic E-state index is 0.0113. The lowest BCUT2D eigenvalue weighted by Crippen LogP contribution is -2.67. The van der Waals surface area contributed by atoms with Crippen molar-refractivity contribution >= 4 is 5.97 Å². The highest BCUT2D eigenvalue weighted by Crippen LogP contribution is 2.76. The quantitative estimate of drug-likeness (QED) is 0.0345. The van der Waals surface area contributed by atoms with Crippen LogP contribution in [0.4, 0.5) is 0 Å². The number of aliphatic hydroxyl groups is 20. The number of fused-ring (bicyclic) bond motifs is 7. The van der Waals surface area contributed by atoms with Gasteiger partial charge in [-0.05, 0) is 124 Å². The molecule has 4 saturated carbocycles. The van der Waals surface area contributed by atoms with Crippen LogP contribution >= 0.6 is 0 Å². The molecule has 106 heavy (non-hydrogen) atoms. The summed E-state index contributed by atoms with van der Waals surface area (Å²) < 4.78 is 83.9. The minimum Gasteiger partial charge on any atom is -0.432 e. The average Bonchev–Trinajstić information content (AvgIpc) is 0.674. The van der Waals surface area contributed by atoms with Crippen molar-refractivity contribution < 1.29 is 173 Å². The molecule has 0 amide bonds. The van der Waals surface area contributed by atoms with Gasteiger partial charge in [-0.25, -0.2) is 0 Å². The summed E-state index contributed by atoms with van der Waals surface area (Å²) in [6.07, 6.45) is -49.4. The number of carbonyl (C=O) groups excluding carboxylic acids is 1. The second kappa shape index (κ2) is 31.6. The standard InChI is InChI=1S/C71H116O35/c1-26-38(75)43(80)49(86)59(95-26)103-55-31(21-72)98-58(53(90)47(55)84)93-23-33-41(78)46(83)52(89)63(100-33)106-65(92)71-18-16-66(4,5)20-30(71)29-10-11-36-67(6)14-13-37(68(7,25-74)35(67)12-15-70(36,9)69(29,8)17-19-71)102-64-57(105-61-51(88)45(82)40(77)28(3)97-61)42(79)34(24-94-64)101-62-54(91)48(85)56(32(22-73)99-62)104-60-50(87)44(81)39(76)27(2)96-60/h10,26-28,30-64,72-91H,11-25H2,1-9H3/t26-,27-,28-,30-,31+,32+,33+,34-,35+,36+,37-,38-,39-,40-,41+,42-,43+,44+,45+,46-,47+,48+,49+,50+,51+,52+,53+,54+,55+,56+,57+,58+,59-,60-,61-,62+,63-,64-,67-,68-,69+,70+,71-/m0/s1. The normalized spacial score (nSPS) is 55.5. The van der Waals surface area contributed by atoms with E-state index in [9.17, 15) is 102 Å². The van der Waals surface area contributed by atoms with E-state index in [-0.39, 0.29) is 29.8 Å². The second-order valence-electron chi connectivity index (χ2n) is 34.1. The van der Waals surface area contributed by atoms with Crippen LogP contribution in [0, 0.1) is 50.2 Å². The fourth-order valence-electron chi connectivity index (χ4n) is 20.4. The van der Waals surface area contributed by atoms with E-state index in [4.69, 9.17) is 66.3 Å². The summed E-state index contributed by atoms with van der Waals surface area (Å²) in [5.74, 6) is -1.22. The molecule has 12 rings (SSSR count). The third-order valence-electron chi connectivity index (χ3n) is 27.4. The molecule has 0 aromatic heterocycles. The van der Waals surface area contributed by atoms with E-state index in [1.54, 1.807) is 0 Å². The molecule has 0 unspecified atom stereocenters. The molecular weight excluding hydrogens is 1410 g/mol. The molecule has 0 aromatic rings. The molecule has 7 aliphatic heterocycles. The predicted octanol–water partition coefficient (Wildman–Crippen LogP) is -5.87. The maximum Gasteiger partial charge on any atom is 0.315 e. The van der Waals surface area contributed by atoms with Crippen LogP contribution in [0.1, 0.15) is 127 Å². The number of ether oxygens (including phenoxy) is 14. The highest BCUT2D eigenvalue weighted by molar-refractivity contribution is 5.79. The van der Waals surface area contributed by atoms with Gasteiger partial charge in [0.2, 0.25) is 6.29 Å². The van der Waals surface area contributed by atoms with Gasteiger partial charge < -0.3 is 168 Å². The van der Waals surface area contributed by atoms with Gasteiger partial charge in [0.15, 0.2) is 37.7 Å². The molecule has 0 aromatic carbocycles. The van der Waals surface area contributed by atoms with Gasteiger partial charge in [0, 0.05) is 5.41 Å². The van der Waals surface area contributed by atoms with Crippen molar-refractivity contribution in [2.75, 3.05) is 33.0 Å². The largest absolute Gasteiger partial charge is 0.432 e. The van der Waals surface area contributed by atoms with Crippen LogP contribution in [0.25, 0.3) is 0 Å². The van der Waals surface area contributed by atoms with Crippen LogP contribution in [0.3, 0.4) is 0 Å². The summed E-state index contributed by atoms with van der Waals surface area (Å²) in [4.78, 5) is 15.4. The lowest BCUT2D eigenvalue weighted by atomic mass is 9.33. The molecule has 7 heterocycles. The lowest BCUT2D eigenvalue weighted by molar-refractivity contribution is -0.388. The van der Waals surface area contributed by atoms with E-state index >= 15 is 4.79 Å². The van der Waals surface area contributed by atoms with Crippen molar-refractivity contribution in [2.45, 2.75) is 341 Å². The maximum atomic E-state index is 15.4. The molecular formula is C71H116O35. The van der Waals surface area contributed by atoms with Crippen LogP contribution in [0.15, 0.2) is 11.6 Å². The zero-order valence-electron chi connectivity index (χ0n) is 61.2. The first kappa shape index (κ1) is 83.3. The van der Waals surface area contributed by atoms with Gasteiger partial charge in [-0.2, -0.15) is 0 Å². The third kappa shape index (κ3) is 14.5. The fraction of sp³-hybridized carbons (Fsp3) is 0.958. The monoisotopic (exact) mass is 1530 g/mol. The Morgan fingerprint density at radius 1 is 0.453 bits per heavy atom. The number of rotatable bonds is 18. The predicted molar refractivity (Wildman–Crippen MR) is 352 cm³/mol. The van der Waals surface area contributed by atoms with Crippen LogP contribution in [-0.2, 0) is 71.1 Å². The molecule has 35 nitrogen and oxygen atoms in total. The zero-order chi connectivity index (χ0) is 77.3. The summed E-state index contributed by atoms with van der Waals surface area (Å²) in [6, 6.07) is 0. The SMILES string of the molecule is C[C@@H]1O[C@@H](O[C@H]2[C@H](O[C@H]3CC[C@@]4(C)[C@@H](CC[C@]5(C)[C@@H]4CC=C4[C@@H]6CC(C)(C)CC[C@]6(C(=O)O[C@@H]6O[C@H](CO[C@@H]7O[C@H](CO)[C@@H](O[C@@H]8O[C@@H](C)[C@H](O)[C@@H](O)[C@H]8O)[C@H](O)[C@H]7O)[C@@H](O)[C@H](O)[C@H]6O)CC[C@]45C)[C@]3(C)CO)OC[C@H](O[C@H]3O[C@H](CO)[C@@H](O[C@@H]4O[C@@H](C)[C@H](O)[C@@H](O)[C@H]4O)[C@H](O)[C@H]3O)[C@@H]2O)[C@H](O)[C@H](O)[C@H]1O. The van der Waals surface area contributed by atoms with E-state index in [1.165, 1.54) is 20.8 Å². The summed E-state index contributed by atoms with van der Waals surface area (Å²) in [5.41, 5.74) is -2.62. The smallest absolute Gasteiger partial charge is 0.315 e. The van der Waals surface area contributed by atoms with E-state index in [0.717, 1.165) is 5.57 Å². The summed E-state index contributed by atoms with van der Waals surface area (Å²) >= 11 is 0. The van der Waals surface area contributed by atoms with Crippen molar-refractivity contribution in [2.24, 2.45) is 50.2 Å². The molecule has 610 valence electrons. The summed E-state index contributed by atoms with van der Waals surface area (Å²) in [7, 11) is 0. The Bertz CT molecular complexity index is 3010. The second-order valence-corrected chi connectivity index (χ2v) is 34.1. The first-order chi connectivity index (χ1) is 49.8. The molecule has 7 saturated heterocycles. The Kier molecular flexibility index (Phi) is 24.8. The number of esters is 1. The zero-order valence-corrected chi connectivity index (χ0v) is 61.2. The number of aliphatic hydroxyl groups excluding tert-OH is 20. The van der Waals surface area contributed by atoms with Gasteiger partial charge in [0.05, 0.1) is 62.9 Å². The van der Waals surface area contributed by atoms with Crippen molar-refractivity contribution in [1.82, 2.24) is 0 Å². The molecule has 43 atom stereocenters. The minimum atomic E-state index is -1.98. The molecule has 0 radical (unpaired) electrons. The van der Waals surface area contributed by atoms with Gasteiger partial charge in [-0.1, -0.05) is 53.2 Å². The van der Waals surface area contributed by atoms with Crippen LogP contribution < -0.4 is 0 Å². The Morgan fingerprint density at radius 2 is 0.925 bits per heavy atom. The highest BCUT2D eigenvalue weighted by Gasteiger charge is 2.71. The molecule has 0 spiro atoms. The Balaban J connectivity index is 0.733. The maximum absolute atomic E-state index is 15.4. The molecule has 11 fully saturated rings. The molecule has 0 bridgehead atoms. The molecule has 35 heteroatoms. The summed E-state index contributed by atoms with van der Waals surface area (Å²) in [6.45, 7) is 14.2. The number of carbonyl (C=O) groups is 1. The van der Waals surface area contributed by atoms with Crippen molar-refractivity contribution in [3.63, 3.8) is 0 Å². The molecule has 12 aliphatic rings. The fourth-order valence-corrected chi connectivity index (χ4v) is 20.4. The van der Waals surface area contributed by atoms with Crippen molar-refractivity contribution in [3.05, 3.63) is 11.6 Å². The highest BCUT2D eigenvalue weighted by atomic mass is 16.8. The van der Waals surface area contributed by atoms with Gasteiger partial charge in [0.25, 0.3) is 0 Å². The number of hydrogen-bond donors (Lipinski definition) is 20. The van der Waals surface area contributed by atoms with Crippen LogP contribution in [-0.4, -0.2) is 356 Å². The topological polar surface area (TPSA) is 551 Å². The molecule has 20 N–H and O–H groups in total. The van der Waals surface area contributed by atoms with Gasteiger partial charge in [-0.15, -0.1) is 0 Å². The van der Waals surface area contributed by atoms with E-state index < -0.39 is 274 Å². The molecule has 5 aliphatic carbocycles. The van der Waals surface area contributed by atoms with Crippen molar-refractivity contribution in [1.29, 1.82) is 0 Å². The van der Waals surface area contributed by atoms with E-state index in [1.807, 2.05) is 6.92 Å². The van der Waals surface area contributed by atoms with Gasteiger partial charge >= 0.3 is 5.97 Å². The third-order valence-corrected chi connectivity index (χ3v) is 27.4. The van der Waals surface area contributed by atoms with E-state index in [0.29, 0.717) is 64.2 Å². The van der Waals surface area contributed by atoms with Gasteiger partial charge in [0.1, 0.15) is 146 Å². The first-order valence-corrected chi connectivity index (χ1v) is 37.5. The first-order valence-electron chi connectivity index (χ1n) is 37.5. The number of allylic oxidation sites excluding steroid dienone is 2. The van der Waals surface area contributed by atoms with Crippen molar-refractivity contribution in [3.8, 4) is 0 Å². The number of hydrogen-bond acceptors (Lipinski definition) is 35. The van der Waals surface area contributed by atoms with Crippen LogP contribution in [0.5, 0.6) is 0 Å². The van der Waals surface area contributed by atoms with E-state index in [2.05, 4.69) is 40.7 Å². The Hall–Kier alpha value is -2.11. The Labute approximate surface area is 613 Å². The van der Waals surface area contributed by atoms with Crippen LogP contribution in [0.2, 0.25) is 0 Å². The summed E-state index contributed by atoms with van der Waals surface area (Å²) in [5, 5.41) is 220. The Morgan fingerprint density at radius 3 is 1.46 bits per heavy atom.